The molecule has 0 aliphatic rings. The summed E-state index contributed by atoms with van der Waals surface area (Å²) in [7, 11) is 0. The fourth-order valence-electron chi connectivity index (χ4n) is 2.57. The highest BCUT2D eigenvalue weighted by Gasteiger charge is 2.30. The molecule has 0 radical (unpaired) electrons. The van der Waals surface area contributed by atoms with Gasteiger partial charge >= 0.3 is 0 Å². The van der Waals surface area contributed by atoms with Crippen LogP contribution in [0.1, 0.15) is 54.3 Å². The van der Waals surface area contributed by atoms with Crippen molar-refractivity contribution in [1.82, 2.24) is 20.4 Å². The van der Waals surface area contributed by atoms with Gasteiger partial charge in [0.2, 0.25) is 5.89 Å². The first kappa shape index (κ1) is 19.5. The smallest absolute Gasteiger partial charge is 0.264 e. The van der Waals surface area contributed by atoms with Gasteiger partial charge in [-0.25, -0.2) is 4.98 Å². The summed E-state index contributed by atoms with van der Waals surface area (Å²) in [5, 5.41) is 8.38. The van der Waals surface area contributed by atoms with Crippen LogP contribution in [0.25, 0.3) is 10.6 Å². The summed E-state index contributed by atoms with van der Waals surface area (Å²) in [5.41, 5.74) is 0.790. The third-order valence-corrected chi connectivity index (χ3v) is 5.43. The number of halogens is 1. The largest absolute Gasteiger partial charge is 0.339 e. The first-order chi connectivity index (χ1) is 12.8. The van der Waals surface area contributed by atoms with Crippen LogP contribution in [-0.4, -0.2) is 21.0 Å². The normalized spacial score (nSPS) is 11.6. The van der Waals surface area contributed by atoms with E-state index in [9.17, 15) is 4.79 Å². The maximum atomic E-state index is 12.8. The van der Waals surface area contributed by atoms with Gasteiger partial charge in [-0.15, -0.1) is 11.3 Å². The number of carbonyl (C=O) groups excluding carboxylic acids is 1. The summed E-state index contributed by atoms with van der Waals surface area (Å²) >= 11 is 7.39. The van der Waals surface area contributed by atoms with Crippen LogP contribution in [0.4, 0.5) is 0 Å². The molecule has 0 aliphatic carbocycles. The summed E-state index contributed by atoms with van der Waals surface area (Å²) in [4.78, 5) is 22.3. The first-order valence-electron chi connectivity index (χ1n) is 8.69. The van der Waals surface area contributed by atoms with E-state index < -0.39 is 5.54 Å². The van der Waals surface area contributed by atoms with Crippen molar-refractivity contribution < 1.29 is 9.32 Å². The Kier molecular flexibility index (Phi) is 5.62. The van der Waals surface area contributed by atoms with E-state index in [4.69, 9.17) is 16.1 Å². The number of benzene rings is 1. The van der Waals surface area contributed by atoms with Gasteiger partial charge in [-0.1, -0.05) is 35.8 Å². The van der Waals surface area contributed by atoms with Crippen molar-refractivity contribution in [3.63, 3.8) is 0 Å². The Morgan fingerprint density at radius 1 is 1.33 bits per heavy atom. The number of thiazole rings is 1. The van der Waals surface area contributed by atoms with E-state index in [0.717, 1.165) is 17.0 Å². The van der Waals surface area contributed by atoms with E-state index in [1.54, 1.807) is 6.07 Å². The van der Waals surface area contributed by atoms with Crippen LogP contribution in [0, 0.1) is 6.92 Å². The highest BCUT2D eigenvalue weighted by molar-refractivity contribution is 7.17. The molecular weight excluding hydrogens is 384 g/mol. The number of nitrogens with one attached hydrogen (secondary N) is 1. The molecule has 1 N–H and O–H groups in total. The summed E-state index contributed by atoms with van der Waals surface area (Å²) in [6.45, 7) is 7.56. The molecule has 0 unspecified atom stereocenters. The Morgan fingerprint density at radius 3 is 2.81 bits per heavy atom. The molecule has 0 saturated heterocycles. The Labute approximate surface area is 167 Å². The van der Waals surface area contributed by atoms with Crippen LogP contribution in [0.15, 0.2) is 28.8 Å². The standard InChI is InChI=1S/C19H21ClN4O2S/c1-5-7-14-22-18(24-26-14)19(3,4)23-16(25)15-11(2)21-17(27-15)12-8-6-9-13(20)10-12/h6,8-10H,5,7H2,1-4H3,(H,23,25). The lowest BCUT2D eigenvalue weighted by Gasteiger charge is -2.21. The number of hydrogen-bond donors (Lipinski definition) is 1. The molecule has 0 saturated carbocycles. The zero-order valence-electron chi connectivity index (χ0n) is 15.7. The number of amides is 1. The number of rotatable bonds is 6. The Morgan fingerprint density at radius 2 is 2.11 bits per heavy atom. The van der Waals surface area contributed by atoms with E-state index in [1.807, 2.05) is 45.9 Å². The molecule has 0 atom stereocenters. The highest BCUT2D eigenvalue weighted by atomic mass is 35.5. The van der Waals surface area contributed by atoms with Crippen molar-refractivity contribution in [3.8, 4) is 10.6 Å². The van der Waals surface area contributed by atoms with Gasteiger partial charge in [-0.3, -0.25) is 4.79 Å². The predicted molar refractivity (Wildman–Crippen MR) is 106 cm³/mol. The average Bonchev–Trinajstić information content (AvgIpc) is 3.22. The van der Waals surface area contributed by atoms with Crippen molar-refractivity contribution in [2.75, 3.05) is 0 Å². The minimum Gasteiger partial charge on any atom is -0.339 e. The minimum atomic E-state index is -0.765. The Hall–Kier alpha value is -2.25. The molecule has 1 aromatic carbocycles. The second kappa shape index (κ2) is 7.78. The predicted octanol–water partition coefficient (Wildman–Crippen LogP) is 4.77. The molecular formula is C19H21ClN4O2S. The van der Waals surface area contributed by atoms with Crippen molar-refractivity contribution in [1.29, 1.82) is 0 Å². The molecule has 0 aliphatic heterocycles. The van der Waals surface area contributed by atoms with Crippen LogP contribution in [-0.2, 0) is 12.0 Å². The van der Waals surface area contributed by atoms with Gasteiger partial charge in [0.05, 0.1) is 11.2 Å². The lowest BCUT2D eigenvalue weighted by molar-refractivity contribution is 0.0911. The van der Waals surface area contributed by atoms with Crippen molar-refractivity contribution >= 4 is 28.8 Å². The molecule has 142 valence electrons. The van der Waals surface area contributed by atoms with Crippen molar-refractivity contribution in [3.05, 3.63) is 51.6 Å². The molecule has 27 heavy (non-hydrogen) atoms. The van der Waals surface area contributed by atoms with Crippen molar-refractivity contribution in [2.45, 2.75) is 46.1 Å². The van der Waals surface area contributed by atoms with Gasteiger partial charge < -0.3 is 9.84 Å². The van der Waals surface area contributed by atoms with Crippen LogP contribution in [0.5, 0.6) is 0 Å². The average molecular weight is 405 g/mol. The molecule has 3 rings (SSSR count). The summed E-state index contributed by atoms with van der Waals surface area (Å²) < 4.78 is 5.24. The number of carbonyl (C=O) groups is 1. The molecule has 8 heteroatoms. The summed E-state index contributed by atoms with van der Waals surface area (Å²) in [5.74, 6) is 0.814. The molecule has 0 spiro atoms. The fraction of sp³-hybridized carbons (Fsp3) is 0.368. The summed E-state index contributed by atoms with van der Waals surface area (Å²) in [6, 6.07) is 7.42. The first-order valence-corrected chi connectivity index (χ1v) is 9.88. The third-order valence-electron chi connectivity index (χ3n) is 3.99. The number of nitrogens with zero attached hydrogens (tertiary/aromatic N) is 3. The van der Waals surface area contributed by atoms with Gasteiger partial charge in [-0.2, -0.15) is 4.98 Å². The van der Waals surface area contributed by atoms with Crippen LogP contribution in [0.3, 0.4) is 0 Å². The van der Waals surface area contributed by atoms with Crippen LogP contribution >= 0.6 is 22.9 Å². The molecule has 0 fully saturated rings. The number of hydrogen-bond acceptors (Lipinski definition) is 6. The fourth-order valence-corrected chi connectivity index (χ4v) is 3.72. The van der Waals surface area contributed by atoms with E-state index in [-0.39, 0.29) is 5.91 Å². The van der Waals surface area contributed by atoms with Crippen LogP contribution in [0.2, 0.25) is 5.02 Å². The van der Waals surface area contributed by atoms with Gasteiger partial charge in [-0.05, 0) is 39.3 Å². The zero-order valence-corrected chi connectivity index (χ0v) is 17.2. The van der Waals surface area contributed by atoms with Gasteiger partial charge in [0, 0.05) is 17.0 Å². The maximum absolute atomic E-state index is 12.8. The number of aromatic nitrogens is 3. The van der Waals surface area contributed by atoms with Gasteiger partial charge in [0.15, 0.2) is 5.82 Å². The SMILES string of the molecule is CCCc1nc(C(C)(C)NC(=O)c2sc(-c3cccc(Cl)c3)nc2C)no1. The lowest BCUT2D eigenvalue weighted by Crippen LogP contribution is -2.41. The topological polar surface area (TPSA) is 80.9 Å². The zero-order chi connectivity index (χ0) is 19.6. The molecule has 6 nitrogen and oxygen atoms in total. The Bertz CT molecular complexity index is 964. The molecule has 0 bridgehead atoms. The second-order valence-electron chi connectivity index (χ2n) is 6.78. The highest BCUT2D eigenvalue weighted by Crippen LogP contribution is 2.30. The van der Waals surface area contributed by atoms with E-state index in [1.165, 1.54) is 11.3 Å². The van der Waals surface area contributed by atoms with Crippen molar-refractivity contribution in [2.24, 2.45) is 0 Å². The van der Waals surface area contributed by atoms with Gasteiger partial charge in [0.1, 0.15) is 9.88 Å². The van der Waals surface area contributed by atoms with E-state index in [0.29, 0.717) is 33.7 Å². The second-order valence-corrected chi connectivity index (χ2v) is 8.22. The molecule has 2 aromatic heterocycles. The Balaban J connectivity index is 1.81. The van der Waals surface area contributed by atoms with E-state index >= 15 is 0 Å². The minimum absolute atomic E-state index is 0.217. The lowest BCUT2D eigenvalue weighted by atomic mass is 10.0. The third kappa shape index (κ3) is 4.36. The quantitative estimate of drug-likeness (QED) is 0.639. The van der Waals surface area contributed by atoms with E-state index in [2.05, 4.69) is 20.4 Å². The molecule has 2 heterocycles. The number of aryl methyl sites for hydroxylation is 2. The molecule has 1 amide bonds. The van der Waals surface area contributed by atoms with Gasteiger partial charge in [0.25, 0.3) is 5.91 Å². The molecule has 3 aromatic rings. The monoisotopic (exact) mass is 404 g/mol. The summed E-state index contributed by atoms with van der Waals surface area (Å²) in [6.07, 6.45) is 1.63. The van der Waals surface area contributed by atoms with Crippen LogP contribution < -0.4 is 5.32 Å². The maximum Gasteiger partial charge on any atom is 0.264 e.